The van der Waals surface area contributed by atoms with Crippen molar-refractivity contribution >= 4 is 10.8 Å². The first kappa shape index (κ1) is 13.8. The molecule has 0 aliphatic heterocycles. The number of benzene rings is 2. The van der Waals surface area contributed by atoms with Gasteiger partial charge in [-0.25, -0.2) is 4.98 Å². The van der Waals surface area contributed by atoms with Gasteiger partial charge in [0.15, 0.2) is 0 Å². The van der Waals surface area contributed by atoms with Crippen LogP contribution in [0.15, 0.2) is 61.2 Å². The number of hydrogen-bond donors (Lipinski definition) is 1. The minimum Gasteiger partial charge on any atom is -0.337 e. The van der Waals surface area contributed by atoms with Crippen LogP contribution >= 0.6 is 0 Å². The number of imidazole rings is 1. The van der Waals surface area contributed by atoms with Gasteiger partial charge in [-0.2, -0.15) is 0 Å². The van der Waals surface area contributed by atoms with Crippen molar-refractivity contribution < 1.29 is 0 Å². The average molecular weight is 279 g/mol. The second-order valence-corrected chi connectivity index (χ2v) is 5.40. The topological polar surface area (TPSA) is 29.9 Å². The van der Waals surface area contributed by atoms with Gasteiger partial charge in [-0.05, 0) is 36.2 Å². The second kappa shape index (κ2) is 6.55. The monoisotopic (exact) mass is 279 g/mol. The molecule has 0 amide bonds. The number of nitrogens with zero attached hydrogens (tertiary/aromatic N) is 2. The molecule has 0 aliphatic carbocycles. The van der Waals surface area contributed by atoms with Crippen LogP contribution in [0.3, 0.4) is 0 Å². The molecule has 0 saturated heterocycles. The Morgan fingerprint density at radius 1 is 1.14 bits per heavy atom. The molecule has 3 heteroatoms. The molecule has 0 aliphatic rings. The van der Waals surface area contributed by atoms with Crippen LogP contribution in [-0.2, 0) is 6.54 Å². The molecule has 108 valence electrons. The predicted octanol–water partition coefficient (Wildman–Crippen LogP) is 3.78. The zero-order chi connectivity index (χ0) is 14.5. The molecule has 3 aromatic rings. The first-order valence-corrected chi connectivity index (χ1v) is 7.51. The molecule has 21 heavy (non-hydrogen) atoms. The van der Waals surface area contributed by atoms with Crippen LogP contribution < -0.4 is 5.32 Å². The fourth-order valence-corrected chi connectivity index (χ4v) is 2.74. The van der Waals surface area contributed by atoms with Crippen molar-refractivity contribution in [2.24, 2.45) is 0 Å². The quantitative estimate of drug-likeness (QED) is 0.696. The van der Waals surface area contributed by atoms with E-state index in [0.717, 1.165) is 19.5 Å². The van der Waals surface area contributed by atoms with E-state index < -0.39 is 0 Å². The SMILES string of the molecule is CC(NCCCn1ccnc1)c1cccc2ccccc12. The second-order valence-electron chi connectivity index (χ2n) is 5.40. The molecule has 0 radical (unpaired) electrons. The van der Waals surface area contributed by atoms with E-state index in [4.69, 9.17) is 0 Å². The summed E-state index contributed by atoms with van der Waals surface area (Å²) in [4.78, 5) is 4.06. The van der Waals surface area contributed by atoms with Crippen LogP contribution in [0.4, 0.5) is 0 Å². The Hall–Kier alpha value is -2.13. The molecule has 2 aromatic carbocycles. The smallest absolute Gasteiger partial charge is 0.0945 e. The largest absolute Gasteiger partial charge is 0.337 e. The third-order valence-electron chi connectivity index (χ3n) is 3.89. The van der Waals surface area contributed by atoms with E-state index in [9.17, 15) is 0 Å². The molecule has 1 atom stereocenters. The maximum atomic E-state index is 4.06. The number of aromatic nitrogens is 2. The number of rotatable bonds is 6. The fraction of sp³-hybridized carbons (Fsp3) is 0.278. The molecule has 0 bridgehead atoms. The van der Waals surface area contributed by atoms with E-state index in [0.29, 0.717) is 6.04 Å². The number of hydrogen-bond acceptors (Lipinski definition) is 2. The van der Waals surface area contributed by atoms with E-state index in [1.807, 2.05) is 18.7 Å². The van der Waals surface area contributed by atoms with Crippen molar-refractivity contribution in [3.05, 3.63) is 66.7 Å². The highest BCUT2D eigenvalue weighted by Gasteiger charge is 2.07. The molecule has 3 rings (SSSR count). The molecule has 0 spiro atoms. The predicted molar refractivity (Wildman–Crippen MR) is 87.2 cm³/mol. The number of aryl methyl sites for hydroxylation is 1. The molecular weight excluding hydrogens is 258 g/mol. The molecule has 0 saturated carbocycles. The zero-order valence-corrected chi connectivity index (χ0v) is 12.4. The third-order valence-corrected chi connectivity index (χ3v) is 3.89. The van der Waals surface area contributed by atoms with Crippen LogP contribution in [-0.4, -0.2) is 16.1 Å². The van der Waals surface area contributed by atoms with Crippen molar-refractivity contribution in [1.82, 2.24) is 14.9 Å². The Morgan fingerprint density at radius 3 is 2.86 bits per heavy atom. The first-order valence-electron chi connectivity index (χ1n) is 7.51. The van der Waals surface area contributed by atoms with Crippen molar-refractivity contribution in [1.29, 1.82) is 0 Å². The average Bonchev–Trinajstić information content (AvgIpc) is 3.04. The summed E-state index contributed by atoms with van der Waals surface area (Å²) in [5.74, 6) is 0. The summed E-state index contributed by atoms with van der Waals surface area (Å²) < 4.78 is 2.12. The van der Waals surface area contributed by atoms with Gasteiger partial charge in [0.2, 0.25) is 0 Å². The molecule has 1 unspecified atom stereocenters. The minimum absolute atomic E-state index is 0.360. The van der Waals surface area contributed by atoms with Crippen LogP contribution in [0, 0.1) is 0 Å². The van der Waals surface area contributed by atoms with Crippen molar-refractivity contribution in [2.75, 3.05) is 6.54 Å². The summed E-state index contributed by atoms with van der Waals surface area (Å²) in [7, 11) is 0. The highest BCUT2D eigenvalue weighted by molar-refractivity contribution is 5.86. The lowest BCUT2D eigenvalue weighted by atomic mass is 10.00. The molecule has 1 N–H and O–H groups in total. The molecule has 0 fully saturated rings. The van der Waals surface area contributed by atoms with Crippen molar-refractivity contribution in [3.8, 4) is 0 Å². The van der Waals surface area contributed by atoms with Gasteiger partial charge in [0.05, 0.1) is 6.33 Å². The third kappa shape index (κ3) is 3.31. The maximum Gasteiger partial charge on any atom is 0.0945 e. The highest BCUT2D eigenvalue weighted by atomic mass is 15.0. The van der Waals surface area contributed by atoms with Gasteiger partial charge in [-0.15, -0.1) is 0 Å². The van der Waals surface area contributed by atoms with Crippen LogP contribution in [0.5, 0.6) is 0 Å². The highest BCUT2D eigenvalue weighted by Crippen LogP contribution is 2.23. The molecular formula is C18H21N3. The lowest BCUT2D eigenvalue weighted by molar-refractivity contribution is 0.528. The Morgan fingerprint density at radius 2 is 2.00 bits per heavy atom. The van der Waals surface area contributed by atoms with Gasteiger partial charge < -0.3 is 9.88 Å². The van der Waals surface area contributed by atoms with Gasteiger partial charge in [0.25, 0.3) is 0 Å². The lowest BCUT2D eigenvalue weighted by Crippen LogP contribution is -2.21. The van der Waals surface area contributed by atoms with E-state index in [2.05, 4.69) is 64.3 Å². The number of fused-ring (bicyclic) bond motifs is 1. The van der Waals surface area contributed by atoms with E-state index >= 15 is 0 Å². The minimum atomic E-state index is 0.360. The van der Waals surface area contributed by atoms with Crippen LogP contribution in [0.2, 0.25) is 0 Å². The summed E-state index contributed by atoms with van der Waals surface area (Å²) in [5, 5.41) is 6.27. The van der Waals surface area contributed by atoms with Crippen LogP contribution in [0.25, 0.3) is 10.8 Å². The van der Waals surface area contributed by atoms with E-state index in [-0.39, 0.29) is 0 Å². The van der Waals surface area contributed by atoms with Gasteiger partial charge in [-0.1, -0.05) is 42.5 Å². The van der Waals surface area contributed by atoms with E-state index in [1.165, 1.54) is 16.3 Å². The number of nitrogens with one attached hydrogen (secondary N) is 1. The molecule has 3 nitrogen and oxygen atoms in total. The normalized spacial score (nSPS) is 12.6. The van der Waals surface area contributed by atoms with E-state index in [1.54, 1.807) is 0 Å². The lowest BCUT2D eigenvalue weighted by Gasteiger charge is -2.16. The summed E-state index contributed by atoms with van der Waals surface area (Å²) in [6.07, 6.45) is 6.81. The summed E-state index contributed by atoms with van der Waals surface area (Å²) >= 11 is 0. The Bertz CT molecular complexity index is 683. The fourth-order valence-electron chi connectivity index (χ4n) is 2.74. The Kier molecular flexibility index (Phi) is 4.31. The van der Waals surface area contributed by atoms with Crippen molar-refractivity contribution in [2.45, 2.75) is 25.9 Å². The van der Waals surface area contributed by atoms with Gasteiger partial charge in [-0.3, -0.25) is 0 Å². The Labute approximate surface area is 125 Å². The first-order chi connectivity index (χ1) is 10.3. The summed E-state index contributed by atoms with van der Waals surface area (Å²) in [5.41, 5.74) is 1.37. The van der Waals surface area contributed by atoms with Crippen molar-refractivity contribution in [3.63, 3.8) is 0 Å². The summed E-state index contributed by atoms with van der Waals surface area (Å²) in [6.45, 7) is 4.25. The van der Waals surface area contributed by atoms with Gasteiger partial charge in [0, 0.05) is 25.0 Å². The molecule has 1 heterocycles. The maximum absolute atomic E-state index is 4.06. The van der Waals surface area contributed by atoms with Gasteiger partial charge >= 0.3 is 0 Å². The zero-order valence-electron chi connectivity index (χ0n) is 12.4. The van der Waals surface area contributed by atoms with Crippen LogP contribution in [0.1, 0.15) is 24.9 Å². The standard InChI is InChI=1S/C18H21N3/c1-15(20-10-5-12-21-13-11-19-14-21)17-9-4-7-16-6-2-3-8-18(16)17/h2-4,6-9,11,13-15,20H,5,10,12H2,1H3. The van der Waals surface area contributed by atoms with Gasteiger partial charge in [0.1, 0.15) is 0 Å². The Balaban J connectivity index is 1.60. The molecule has 1 aromatic heterocycles. The summed E-state index contributed by atoms with van der Waals surface area (Å²) in [6, 6.07) is 15.5.